The second-order valence-corrected chi connectivity index (χ2v) is 6.29. The molecule has 0 saturated carbocycles. The van der Waals surface area contributed by atoms with E-state index in [1.807, 2.05) is 17.5 Å². The fourth-order valence-electron chi connectivity index (χ4n) is 2.40. The van der Waals surface area contributed by atoms with Crippen molar-refractivity contribution in [1.82, 2.24) is 4.98 Å². The Hall–Kier alpha value is -3.37. The van der Waals surface area contributed by atoms with Crippen LogP contribution in [-0.4, -0.2) is 19.2 Å². The number of halogens is 1. The molecule has 0 spiro atoms. The lowest BCUT2D eigenvalue weighted by molar-refractivity contribution is 0.355. The first-order valence-electron chi connectivity index (χ1n) is 7.95. The number of nitrogens with one attached hydrogen (secondary N) is 1. The molecule has 1 heterocycles. The number of ether oxygens (including phenoxy) is 2. The van der Waals surface area contributed by atoms with Gasteiger partial charge in [0.15, 0.2) is 11.5 Å². The second kappa shape index (κ2) is 8.34. The summed E-state index contributed by atoms with van der Waals surface area (Å²) in [7, 11) is 3.15. The Morgan fingerprint density at radius 1 is 1.19 bits per heavy atom. The Morgan fingerprint density at radius 2 is 2.00 bits per heavy atom. The number of rotatable bonds is 6. The Balaban J connectivity index is 1.85. The second-order valence-electron chi connectivity index (χ2n) is 5.43. The van der Waals surface area contributed by atoms with E-state index in [1.165, 1.54) is 29.7 Å². The zero-order valence-corrected chi connectivity index (χ0v) is 15.5. The number of thiazole rings is 1. The monoisotopic (exact) mass is 381 g/mol. The maximum absolute atomic E-state index is 13.2. The summed E-state index contributed by atoms with van der Waals surface area (Å²) in [5, 5.41) is 14.8. The van der Waals surface area contributed by atoms with Gasteiger partial charge in [0.25, 0.3) is 0 Å². The van der Waals surface area contributed by atoms with Crippen LogP contribution in [0.5, 0.6) is 11.5 Å². The van der Waals surface area contributed by atoms with Gasteiger partial charge in [0.05, 0.1) is 19.9 Å². The molecule has 0 bridgehead atoms. The molecule has 7 heteroatoms. The van der Waals surface area contributed by atoms with Crippen molar-refractivity contribution in [1.29, 1.82) is 5.26 Å². The van der Waals surface area contributed by atoms with E-state index in [2.05, 4.69) is 16.4 Å². The van der Waals surface area contributed by atoms with Crippen LogP contribution in [0.25, 0.3) is 16.8 Å². The van der Waals surface area contributed by atoms with Crippen LogP contribution >= 0.6 is 11.3 Å². The molecule has 1 aromatic heterocycles. The standard InChI is InChI=1S/C20H16FN3O2S/c1-25-18-7-6-13(8-19(18)26-2)17-12-27-20(24-17)14(10-22)11-23-16-5-3-4-15(21)9-16/h3-9,11-12,23H,1-2H3. The number of methoxy groups -OCH3 is 2. The van der Waals surface area contributed by atoms with Gasteiger partial charge in [-0.2, -0.15) is 5.26 Å². The predicted molar refractivity (Wildman–Crippen MR) is 104 cm³/mol. The molecule has 3 rings (SSSR count). The molecule has 5 nitrogen and oxygen atoms in total. The highest BCUT2D eigenvalue weighted by Gasteiger charge is 2.11. The summed E-state index contributed by atoms with van der Waals surface area (Å²) < 4.78 is 23.8. The van der Waals surface area contributed by atoms with Crippen molar-refractivity contribution in [2.24, 2.45) is 0 Å². The number of benzene rings is 2. The Labute approximate surface area is 160 Å². The van der Waals surface area contributed by atoms with Crippen LogP contribution in [0.3, 0.4) is 0 Å². The van der Waals surface area contributed by atoms with Crippen LogP contribution in [0.15, 0.2) is 54.0 Å². The topological polar surface area (TPSA) is 67.2 Å². The van der Waals surface area contributed by atoms with E-state index >= 15 is 0 Å². The highest BCUT2D eigenvalue weighted by Crippen LogP contribution is 2.33. The number of nitriles is 1. The van der Waals surface area contributed by atoms with Crippen LogP contribution in [0.2, 0.25) is 0 Å². The molecule has 0 atom stereocenters. The van der Waals surface area contributed by atoms with Gasteiger partial charge in [-0.3, -0.25) is 0 Å². The number of aromatic nitrogens is 1. The maximum Gasteiger partial charge on any atom is 0.161 e. The minimum atomic E-state index is -0.350. The van der Waals surface area contributed by atoms with Gasteiger partial charge in [-0.1, -0.05) is 6.07 Å². The molecule has 0 aliphatic heterocycles. The first-order chi connectivity index (χ1) is 13.1. The molecule has 0 radical (unpaired) electrons. The van der Waals surface area contributed by atoms with E-state index in [1.54, 1.807) is 32.4 Å². The van der Waals surface area contributed by atoms with Gasteiger partial charge in [-0.15, -0.1) is 11.3 Å². The van der Waals surface area contributed by atoms with Gasteiger partial charge in [0.2, 0.25) is 0 Å². The zero-order valence-electron chi connectivity index (χ0n) is 14.7. The van der Waals surface area contributed by atoms with Crippen LogP contribution in [-0.2, 0) is 0 Å². The van der Waals surface area contributed by atoms with Gasteiger partial charge >= 0.3 is 0 Å². The largest absolute Gasteiger partial charge is 0.493 e. The van der Waals surface area contributed by atoms with E-state index in [4.69, 9.17) is 9.47 Å². The molecule has 27 heavy (non-hydrogen) atoms. The van der Waals surface area contributed by atoms with Gasteiger partial charge < -0.3 is 14.8 Å². The molecule has 0 aliphatic rings. The molecular weight excluding hydrogens is 365 g/mol. The van der Waals surface area contributed by atoms with Crippen molar-refractivity contribution in [3.63, 3.8) is 0 Å². The van der Waals surface area contributed by atoms with Crippen LogP contribution < -0.4 is 14.8 Å². The molecule has 3 aromatic rings. The fraction of sp³-hybridized carbons (Fsp3) is 0.100. The Morgan fingerprint density at radius 3 is 2.70 bits per heavy atom. The van der Waals surface area contributed by atoms with Crippen LogP contribution in [0, 0.1) is 17.1 Å². The lowest BCUT2D eigenvalue weighted by Crippen LogP contribution is -1.92. The molecule has 0 saturated heterocycles. The van der Waals surface area contributed by atoms with Crippen molar-refractivity contribution in [2.45, 2.75) is 0 Å². The third-order valence-corrected chi connectivity index (χ3v) is 4.62. The number of allylic oxidation sites excluding steroid dienone is 1. The van der Waals surface area contributed by atoms with Crippen molar-refractivity contribution >= 4 is 22.6 Å². The van der Waals surface area contributed by atoms with E-state index in [9.17, 15) is 9.65 Å². The molecule has 0 amide bonds. The summed E-state index contributed by atoms with van der Waals surface area (Å²) in [6, 6.07) is 13.6. The highest BCUT2D eigenvalue weighted by molar-refractivity contribution is 7.11. The normalized spacial score (nSPS) is 11.0. The number of hydrogen-bond donors (Lipinski definition) is 1. The molecule has 0 aliphatic carbocycles. The smallest absolute Gasteiger partial charge is 0.161 e. The van der Waals surface area contributed by atoms with E-state index in [0.29, 0.717) is 27.8 Å². The Kier molecular flexibility index (Phi) is 5.69. The SMILES string of the molecule is COc1ccc(-c2csc(C(C#N)=CNc3cccc(F)c3)n2)cc1OC. The number of nitrogens with zero attached hydrogens (tertiary/aromatic N) is 2. The summed E-state index contributed by atoms with van der Waals surface area (Å²) >= 11 is 1.35. The average Bonchev–Trinajstić information content (AvgIpc) is 3.18. The predicted octanol–water partition coefficient (Wildman–Crippen LogP) is 4.94. The molecular formula is C20H16FN3O2S. The molecule has 2 aromatic carbocycles. The van der Waals surface area contributed by atoms with E-state index in [-0.39, 0.29) is 5.82 Å². The fourth-order valence-corrected chi connectivity index (χ4v) is 3.20. The number of hydrogen-bond acceptors (Lipinski definition) is 6. The molecule has 1 N–H and O–H groups in total. The molecule has 136 valence electrons. The van der Waals surface area contributed by atoms with Crippen LogP contribution in [0.4, 0.5) is 10.1 Å². The summed E-state index contributed by atoms with van der Waals surface area (Å²) in [6.07, 6.45) is 1.52. The third-order valence-electron chi connectivity index (χ3n) is 3.74. The van der Waals surface area contributed by atoms with Gasteiger partial charge in [0, 0.05) is 22.8 Å². The minimum Gasteiger partial charge on any atom is -0.493 e. The summed E-state index contributed by atoms with van der Waals surface area (Å²) in [6.45, 7) is 0. The van der Waals surface area contributed by atoms with Gasteiger partial charge in [-0.05, 0) is 36.4 Å². The van der Waals surface area contributed by atoms with E-state index < -0.39 is 0 Å². The van der Waals surface area contributed by atoms with Gasteiger partial charge in [-0.25, -0.2) is 9.37 Å². The summed E-state index contributed by atoms with van der Waals surface area (Å²) in [5.41, 5.74) is 2.49. The Bertz CT molecular complexity index is 1020. The zero-order chi connectivity index (χ0) is 19.2. The van der Waals surface area contributed by atoms with Gasteiger partial charge in [0.1, 0.15) is 22.5 Å². The van der Waals surface area contributed by atoms with Crippen molar-refractivity contribution in [3.8, 4) is 28.8 Å². The maximum atomic E-state index is 13.2. The quantitative estimate of drug-likeness (QED) is 0.613. The molecule has 0 unspecified atom stereocenters. The van der Waals surface area contributed by atoms with Crippen LogP contribution in [0.1, 0.15) is 5.01 Å². The third kappa shape index (κ3) is 4.25. The minimum absolute atomic E-state index is 0.350. The van der Waals surface area contributed by atoms with Crippen molar-refractivity contribution in [2.75, 3.05) is 19.5 Å². The van der Waals surface area contributed by atoms with Crippen molar-refractivity contribution < 1.29 is 13.9 Å². The highest BCUT2D eigenvalue weighted by atomic mass is 32.1. The van der Waals surface area contributed by atoms with E-state index in [0.717, 1.165) is 11.3 Å². The lowest BCUT2D eigenvalue weighted by atomic mass is 10.1. The summed E-state index contributed by atoms with van der Waals surface area (Å²) in [4.78, 5) is 4.53. The number of anilines is 1. The molecule has 0 fully saturated rings. The summed E-state index contributed by atoms with van der Waals surface area (Å²) in [5.74, 6) is 0.888. The first-order valence-corrected chi connectivity index (χ1v) is 8.83. The lowest BCUT2D eigenvalue weighted by Gasteiger charge is -2.08. The van der Waals surface area contributed by atoms with Crippen molar-refractivity contribution in [3.05, 3.63) is 64.9 Å². The average molecular weight is 381 g/mol. The first kappa shape index (κ1) is 18.4.